The van der Waals surface area contributed by atoms with E-state index in [0.29, 0.717) is 5.82 Å². The molecule has 1 heterocycles. The standard InChI is InChI=1S/C15H22N2O2/c1-11-6-5-7-14(16-11)17(18)12-8-9-13(10-12)19-15(2,3)4/h5-9,12-13,18H,10H2,1-4H3/t12-,13-/m1/s1. The van der Waals surface area contributed by atoms with Gasteiger partial charge in [0.25, 0.3) is 0 Å². The lowest BCUT2D eigenvalue weighted by molar-refractivity contribution is -0.0400. The van der Waals surface area contributed by atoms with Gasteiger partial charge in [-0.1, -0.05) is 18.2 Å². The molecule has 0 aliphatic heterocycles. The molecule has 0 radical (unpaired) electrons. The predicted octanol–water partition coefficient (Wildman–Crippen LogP) is 3.10. The lowest BCUT2D eigenvalue weighted by Gasteiger charge is -2.26. The topological polar surface area (TPSA) is 45.6 Å². The molecule has 0 unspecified atom stereocenters. The summed E-state index contributed by atoms with van der Waals surface area (Å²) in [5.74, 6) is 0.575. The maximum Gasteiger partial charge on any atom is 0.153 e. The summed E-state index contributed by atoms with van der Waals surface area (Å²) in [6.45, 7) is 8.01. The minimum absolute atomic E-state index is 0.0458. The van der Waals surface area contributed by atoms with Crippen LogP contribution in [0.3, 0.4) is 0 Å². The fourth-order valence-electron chi connectivity index (χ4n) is 2.20. The molecule has 19 heavy (non-hydrogen) atoms. The van der Waals surface area contributed by atoms with Crippen molar-refractivity contribution in [2.75, 3.05) is 5.06 Å². The molecule has 0 bridgehead atoms. The smallest absolute Gasteiger partial charge is 0.153 e. The summed E-state index contributed by atoms with van der Waals surface area (Å²) in [5, 5.41) is 11.4. The number of hydrogen-bond acceptors (Lipinski definition) is 4. The van der Waals surface area contributed by atoms with Gasteiger partial charge in [0.05, 0.1) is 17.7 Å². The second-order valence-electron chi connectivity index (χ2n) is 5.94. The molecule has 0 spiro atoms. The average Bonchev–Trinajstić information content (AvgIpc) is 2.74. The van der Waals surface area contributed by atoms with Crippen molar-refractivity contribution in [3.05, 3.63) is 36.0 Å². The van der Waals surface area contributed by atoms with E-state index < -0.39 is 0 Å². The van der Waals surface area contributed by atoms with Gasteiger partial charge in [0.1, 0.15) is 0 Å². The Bertz CT molecular complexity index is 465. The molecule has 0 fully saturated rings. The number of aryl methyl sites for hydroxylation is 1. The highest BCUT2D eigenvalue weighted by Gasteiger charge is 2.28. The molecule has 1 aromatic heterocycles. The molecule has 1 aliphatic carbocycles. The SMILES string of the molecule is Cc1cccc(N(O)[C@@H]2C=C[C@@H](OC(C)(C)C)C2)n1. The van der Waals surface area contributed by atoms with Crippen LogP contribution in [0.1, 0.15) is 32.9 Å². The van der Waals surface area contributed by atoms with E-state index in [9.17, 15) is 5.21 Å². The van der Waals surface area contributed by atoms with E-state index in [0.717, 1.165) is 12.1 Å². The molecule has 2 atom stereocenters. The van der Waals surface area contributed by atoms with Crippen molar-refractivity contribution >= 4 is 5.82 Å². The molecule has 0 aromatic carbocycles. The third kappa shape index (κ3) is 3.78. The molecule has 1 N–H and O–H groups in total. The van der Waals surface area contributed by atoms with Crippen molar-refractivity contribution in [2.24, 2.45) is 0 Å². The van der Waals surface area contributed by atoms with Gasteiger partial charge in [-0.25, -0.2) is 10.0 Å². The minimum atomic E-state index is -0.175. The van der Waals surface area contributed by atoms with Crippen LogP contribution in [0.25, 0.3) is 0 Å². The zero-order valence-electron chi connectivity index (χ0n) is 12.0. The van der Waals surface area contributed by atoms with Crippen molar-refractivity contribution in [3.8, 4) is 0 Å². The van der Waals surface area contributed by atoms with Crippen LogP contribution in [0, 0.1) is 6.92 Å². The van der Waals surface area contributed by atoms with Crippen molar-refractivity contribution in [1.29, 1.82) is 0 Å². The van der Waals surface area contributed by atoms with Crippen LogP contribution < -0.4 is 5.06 Å². The Hall–Kier alpha value is -1.39. The van der Waals surface area contributed by atoms with Gasteiger partial charge < -0.3 is 4.74 Å². The highest BCUT2D eigenvalue weighted by atomic mass is 16.5. The lowest BCUT2D eigenvalue weighted by atomic mass is 10.1. The third-order valence-corrected chi connectivity index (χ3v) is 2.95. The van der Waals surface area contributed by atoms with E-state index in [1.54, 1.807) is 6.07 Å². The van der Waals surface area contributed by atoms with Gasteiger partial charge in [-0.05, 0) is 39.8 Å². The molecule has 0 amide bonds. The van der Waals surface area contributed by atoms with Crippen LogP contribution in [0.2, 0.25) is 0 Å². The van der Waals surface area contributed by atoms with E-state index in [-0.39, 0.29) is 17.7 Å². The first-order chi connectivity index (χ1) is 8.85. The first-order valence-electron chi connectivity index (χ1n) is 6.63. The van der Waals surface area contributed by atoms with Crippen LogP contribution >= 0.6 is 0 Å². The average molecular weight is 262 g/mol. The molecule has 4 nitrogen and oxygen atoms in total. The summed E-state index contributed by atoms with van der Waals surface area (Å²) in [6, 6.07) is 5.52. The number of ether oxygens (including phenoxy) is 1. The minimum Gasteiger partial charge on any atom is -0.368 e. The number of hydroxylamine groups is 1. The molecule has 104 valence electrons. The number of anilines is 1. The number of pyridine rings is 1. The van der Waals surface area contributed by atoms with Gasteiger partial charge in [0, 0.05) is 12.1 Å². The fraction of sp³-hybridized carbons (Fsp3) is 0.533. The molecule has 1 aromatic rings. The largest absolute Gasteiger partial charge is 0.368 e. The maximum atomic E-state index is 10.2. The number of rotatable bonds is 3. The van der Waals surface area contributed by atoms with E-state index in [1.165, 1.54) is 5.06 Å². The van der Waals surface area contributed by atoms with E-state index in [4.69, 9.17) is 4.74 Å². The van der Waals surface area contributed by atoms with Crippen LogP contribution in [0.5, 0.6) is 0 Å². The molecular weight excluding hydrogens is 240 g/mol. The monoisotopic (exact) mass is 262 g/mol. The van der Waals surface area contributed by atoms with Crippen molar-refractivity contribution in [3.63, 3.8) is 0 Å². The predicted molar refractivity (Wildman–Crippen MR) is 75.4 cm³/mol. The van der Waals surface area contributed by atoms with Gasteiger partial charge in [-0.15, -0.1) is 0 Å². The highest BCUT2D eigenvalue weighted by molar-refractivity contribution is 5.39. The van der Waals surface area contributed by atoms with Crippen LogP contribution in [0.4, 0.5) is 5.82 Å². The Morgan fingerprint density at radius 1 is 1.32 bits per heavy atom. The zero-order chi connectivity index (χ0) is 14.0. The summed E-state index contributed by atoms with van der Waals surface area (Å²) in [4.78, 5) is 4.32. The number of hydrogen-bond donors (Lipinski definition) is 1. The van der Waals surface area contributed by atoms with E-state index in [1.807, 2.05) is 52.0 Å². The third-order valence-electron chi connectivity index (χ3n) is 2.95. The summed E-state index contributed by atoms with van der Waals surface area (Å²) in [7, 11) is 0. The second-order valence-corrected chi connectivity index (χ2v) is 5.94. The fourth-order valence-corrected chi connectivity index (χ4v) is 2.20. The Morgan fingerprint density at radius 2 is 2.05 bits per heavy atom. The number of nitrogens with zero attached hydrogens (tertiary/aromatic N) is 2. The van der Waals surface area contributed by atoms with Crippen molar-refractivity contribution in [2.45, 2.75) is 51.9 Å². The Morgan fingerprint density at radius 3 is 2.68 bits per heavy atom. The number of aromatic nitrogens is 1. The quantitative estimate of drug-likeness (QED) is 0.671. The Labute approximate surface area is 114 Å². The Kier molecular flexibility index (Phi) is 3.92. The van der Waals surface area contributed by atoms with Crippen LogP contribution in [-0.4, -0.2) is 27.9 Å². The second kappa shape index (κ2) is 5.31. The summed E-state index contributed by atoms with van der Waals surface area (Å²) in [6.07, 6.45) is 4.77. The highest BCUT2D eigenvalue weighted by Crippen LogP contribution is 2.25. The molecular formula is C15H22N2O2. The first kappa shape index (κ1) is 14.0. The molecule has 2 rings (SSSR count). The molecule has 4 heteroatoms. The van der Waals surface area contributed by atoms with Gasteiger partial charge in [-0.2, -0.15) is 0 Å². The normalized spacial score (nSPS) is 22.8. The van der Waals surface area contributed by atoms with Crippen molar-refractivity contribution in [1.82, 2.24) is 4.98 Å². The lowest BCUT2D eigenvalue weighted by Crippen LogP contribution is -2.33. The van der Waals surface area contributed by atoms with Crippen LogP contribution in [0.15, 0.2) is 30.4 Å². The van der Waals surface area contributed by atoms with Gasteiger partial charge in [0.2, 0.25) is 0 Å². The first-order valence-corrected chi connectivity index (χ1v) is 6.63. The summed E-state index contributed by atoms with van der Waals surface area (Å²) < 4.78 is 5.89. The zero-order valence-corrected chi connectivity index (χ0v) is 12.0. The van der Waals surface area contributed by atoms with Gasteiger partial charge >= 0.3 is 0 Å². The summed E-state index contributed by atoms with van der Waals surface area (Å²) >= 11 is 0. The molecule has 0 saturated heterocycles. The van der Waals surface area contributed by atoms with Gasteiger partial charge in [0.15, 0.2) is 5.82 Å². The Balaban J connectivity index is 2.00. The summed E-state index contributed by atoms with van der Waals surface area (Å²) in [5.41, 5.74) is 0.715. The van der Waals surface area contributed by atoms with E-state index in [2.05, 4.69) is 4.98 Å². The maximum absolute atomic E-state index is 10.2. The van der Waals surface area contributed by atoms with E-state index >= 15 is 0 Å². The van der Waals surface area contributed by atoms with Crippen molar-refractivity contribution < 1.29 is 9.94 Å². The molecule has 0 saturated carbocycles. The van der Waals surface area contributed by atoms with Crippen LogP contribution in [-0.2, 0) is 4.74 Å². The molecule has 1 aliphatic rings. The van der Waals surface area contributed by atoms with Gasteiger partial charge in [-0.3, -0.25) is 5.21 Å².